The van der Waals surface area contributed by atoms with Crippen LogP contribution in [0.4, 0.5) is 0 Å². The maximum atomic E-state index is 11.8. The number of hydrogen-bond acceptors (Lipinski definition) is 3. The smallest absolute Gasteiger partial charge is 0.331 e. The molecule has 15 heavy (non-hydrogen) atoms. The van der Waals surface area contributed by atoms with E-state index in [2.05, 4.69) is 0 Å². The molecular weight excluding hydrogens is 198 g/mol. The number of carboxylic acids is 1. The van der Waals surface area contributed by atoms with Gasteiger partial charge in [0.2, 0.25) is 5.91 Å². The van der Waals surface area contributed by atoms with Crippen molar-refractivity contribution in [2.75, 3.05) is 26.3 Å². The molecule has 0 aromatic heterocycles. The van der Waals surface area contributed by atoms with E-state index < -0.39 is 5.97 Å². The Morgan fingerprint density at radius 1 is 1.13 bits per heavy atom. The summed E-state index contributed by atoms with van der Waals surface area (Å²) in [6.45, 7) is 5.08. The lowest BCUT2D eigenvalue weighted by atomic mass is 10.1. The fourth-order valence-electron chi connectivity index (χ4n) is 1.32. The summed E-state index contributed by atoms with van der Waals surface area (Å²) in [5.41, 5.74) is 0.399. The van der Waals surface area contributed by atoms with Crippen molar-refractivity contribution in [3.8, 4) is 0 Å². The minimum Gasteiger partial charge on any atom is -0.478 e. The van der Waals surface area contributed by atoms with E-state index in [0.717, 1.165) is 0 Å². The van der Waals surface area contributed by atoms with Crippen LogP contribution in [0.3, 0.4) is 0 Å². The maximum Gasteiger partial charge on any atom is 0.331 e. The highest BCUT2D eigenvalue weighted by molar-refractivity contribution is 6.01. The highest BCUT2D eigenvalue weighted by Gasteiger charge is 2.20. The molecule has 0 aromatic rings. The summed E-state index contributed by atoms with van der Waals surface area (Å²) in [6, 6.07) is 0. The molecule has 0 saturated carbocycles. The van der Waals surface area contributed by atoms with E-state index in [-0.39, 0.29) is 11.5 Å². The van der Waals surface area contributed by atoms with Gasteiger partial charge in [-0.1, -0.05) is 0 Å². The normalized spacial score (nSPS) is 18.4. The van der Waals surface area contributed by atoms with E-state index in [9.17, 15) is 9.59 Å². The Morgan fingerprint density at radius 2 is 1.67 bits per heavy atom. The minimum absolute atomic E-state index is 0.103. The Balaban J connectivity index is 2.74. The van der Waals surface area contributed by atoms with Crippen LogP contribution < -0.4 is 0 Å². The van der Waals surface area contributed by atoms with Gasteiger partial charge in [-0.05, 0) is 13.8 Å². The molecule has 1 aliphatic rings. The standard InChI is InChI=1S/C10H15NO4/c1-7(8(2)10(13)14)9(12)11-3-5-15-6-4-11/h3-6H2,1-2H3,(H,13,14). The lowest BCUT2D eigenvalue weighted by Gasteiger charge is -2.27. The lowest BCUT2D eigenvalue weighted by molar-refractivity contribution is -0.134. The minimum atomic E-state index is -1.05. The summed E-state index contributed by atoms with van der Waals surface area (Å²) in [6.07, 6.45) is 0. The van der Waals surface area contributed by atoms with Gasteiger partial charge in [-0.3, -0.25) is 4.79 Å². The van der Waals surface area contributed by atoms with Crippen LogP contribution in [0.5, 0.6) is 0 Å². The predicted molar refractivity (Wildman–Crippen MR) is 53.4 cm³/mol. The summed E-state index contributed by atoms with van der Waals surface area (Å²) in [5, 5.41) is 8.75. The number of aliphatic carboxylic acids is 1. The average Bonchev–Trinajstić information content (AvgIpc) is 2.27. The van der Waals surface area contributed by atoms with Crippen LogP contribution in [0, 0.1) is 0 Å². The van der Waals surface area contributed by atoms with Gasteiger partial charge >= 0.3 is 5.97 Å². The summed E-state index contributed by atoms with van der Waals surface area (Å²) in [4.78, 5) is 24.1. The highest BCUT2D eigenvalue weighted by Crippen LogP contribution is 2.09. The fourth-order valence-corrected chi connectivity index (χ4v) is 1.32. The molecule has 0 radical (unpaired) electrons. The molecule has 1 fully saturated rings. The van der Waals surface area contributed by atoms with Crippen molar-refractivity contribution in [1.29, 1.82) is 0 Å². The van der Waals surface area contributed by atoms with Crippen molar-refractivity contribution in [3.63, 3.8) is 0 Å². The van der Waals surface area contributed by atoms with Gasteiger partial charge in [0.1, 0.15) is 0 Å². The summed E-state index contributed by atoms with van der Waals surface area (Å²) < 4.78 is 5.11. The molecule has 1 saturated heterocycles. The third-order valence-corrected chi connectivity index (χ3v) is 2.50. The van der Waals surface area contributed by atoms with Gasteiger partial charge in [-0.15, -0.1) is 0 Å². The molecule has 1 heterocycles. The van der Waals surface area contributed by atoms with Gasteiger partial charge in [0.05, 0.1) is 13.2 Å². The molecule has 0 aliphatic carbocycles. The average molecular weight is 213 g/mol. The van der Waals surface area contributed by atoms with E-state index in [1.54, 1.807) is 11.8 Å². The van der Waals surface area contributed by atoms with Crippen molar-refractivity contribution < 1.29 is 19.4 Å². The zero-order valence-electron chi connectivity index (χ0n) is 8.95. The molecule has 1 N–H and O–H groups in total. The SMILES string of the molecule is CC(C(=O)O)=C(C)C(=O)N1CCOCC1. The third kappa shape index (κ3) is 2.79. The number of ether oxygens (including phenoxy) is 1. The topological polar surface area (TPSA) is 66.8 Å². The molecule has 5 heteroatoms. The third-order valence-electron chi connectivity index (χ3n) is 2.50. The lowest BCUT2D eigenvalue weighted by Crippen LogP contribution is -2.41. The Hall–Kier alpha value is -1.36. The highest BCUT2D eigenvalue weighted by atomic mass is 16.5. The number of hydrogen-bond donors (Lipinski definition) is 1. The van der Waals surface area contributed by atoms with E-state index in [1.807, 2.05) is 0 Å². The van der Waals surface area contributed by atoms with Crippen molar-refractivity contribution in [1.82, 2.24) is 4.90 Å². The van der Waals surface area contributed by atoms with Gasteiger partial charge in [-0.2, -0.15) is 0 Å². The summed E-state index contributed by atoms with van der Waals surface area (Å²) in [5.74, 6) is -1.26. The molecule has 1 aliphatic heterocycles. The molecule has 0 aromatic carbocycles. The van der Waals surface area contributed by atoms with Crippen LogP contribution in [0.2, 0.25) is 0 Å². The van der Waals surface area contributed by atoms with Crippen LogP contribution in [0.1, 0.15) is 13.8 Å². The van der Waals surface area contributed by atoms with E-state index in [4.69, 9.17) is 9.84 Å². The first kappa shape index (κ1) is 11.7. The molecule has 1 rings (SSSR count). The van der Waals surface area contributed by atoms with Crippen molar-refractivity contribution in [2.45, 2.75) is 13.8 Å². The molecule has 0 spiro atoms. The summed E-state index contributed by atoms with van der Waals surface area (Å²) in [7, 11) is 0. The number of carboxylic acid groups (broad SMARTS) is 1. The fraction of sp³-hybridized carbons (Fsp3) is 0.600. The predicted octanol–water partition coefficient (Wildman–Crippen LogP) is 0.266. The largest absolute Gasteiger partial charge is 0.478 e. The van der Waals surface area contributed by atoms with Gasteiger partial charge in [0.15, 0.2) is 0 Å². The first-order valence-corrected chi connectivity index (χ1v) is 4.82. The van der Waals surface area contributed by atoms with Gasteiger partial charge in [0, 0.05) is 24.2 Å². The Kier molecular flexibility index (Phi) is 3.85. The van der Waals surface area contributed by atoms with Gasteiger partial charge in [0.25, 0.3) is 0 Å². The second-order valence-electron chi connectivity index (χ2n) is 3.46. The van der Waals surface area contributed by atoms with Crippen LogP contribution in [-0.2, 0) is 14.3 Å². The van der Waals surface area contributed by atoms with Crippen molar-refractivity contribution >= 4 is 11.9 Å². The number of carbonyl (C=O) groups excluding carboxylic acids is 1. The van der Waals surface area contributed by atoms with Crippen LogP contribution in [-0.4, -0.2) is 48.2 Å². The van der Waals surface area contributed by atoms with Crippen LogP contribution in [0.15, 0.2) is 11.1 Å². The van der Waals surface area contributed by atoms with E-state index in [0.29, 0.717) is 31.9 Å². The molecule has 0 atom stereocenters. The van der Waals surface area contributed by atoms with Crippen molar-refractivity contribution in [3.05, 3.63) is 11.1 Å². The van der Waals surface area contributed by atoms with Gasteiger partial charge in [-0.25, -0.2) is 4.79 Å². The Bertz CT molecular complexity index is 303. The monoisotopic (exact) mass is 213 g/mol. The zero-order valence-corrected chi connectivity index (χ0v) is 8.95. The molecule has 0 unspecified atom stereocenters. The quantitative estimate of drug-likeness (QED) is 0.668. The number of morpholine rings is 1. The number of rotatable bonds is 2. The maximum absolute atomic E-state index is 11.8. The van der Waals surface area contributed by atoms with E-state index in [1.165, 1.54) is 6.92 Å². The number of nitrogens with zero attached hydrogens (tertiary/aromatic N) is 1. The molecule has 84 valence electrons. The first-order valence-electron chi connectivity index (χ1n) is 4.82. The summed E-state index contributed by atoms with van der Waals surface area (Å²) >= 11 is 0. The number of amides is 1. The van der Waals surface area contributed by atoms with Crippen LogP contribution >= 0.6 is 0 Å². The van der Waals surface area contributed by atoms with Crippen LogP contribution in [0.25, 0.3) is 0 Å². The Morgan fingerprint density at radius 3 is 2.13 bits per heavy atom. The number of carbonyl (C=O) groups is 2. The second-order valence-corrected chi connectivity index (χ2v) is 3.46. The van der Waals surface area contributed by atoms with Crippen molar-refractivity contribution in [2.24, 2.45) is 0 Å². The second kappa shape index (κ2) is 4.93. The molecule has 5 nitrogen and oxygen atoms in total. The molecule has 0 bridgehead atoms. The molecular formula is C10H15NO4. The molecule has 1 amide bonds. The Labute approximate surface area is 88.3 Å². The first-order chi connectivity index (χ1) is 7.04. The van der Waals surface area contributed by atoms with E-state index >= 15 is 0 Å². The van der Waals surface area contributed by atoms with Gasteiger partial charge < -0.3 is 14.7 Å². The zero-order chi connectivity index (χ0) is 11.4.